The van der Waals surface area contributed by atoms with E-state index < -0.39 is 0 Å². The van der Waals surface area contributed by atoms with E-state index in [1.54, 1.807) is 23.3 Å². The third-order valence-corrected chi connectivity index (χ3v) is 3.76. The molecule has 0 bridgehead atoms. The molecule has 6 heteroatoms. The lowest BCUT2D eigenvalue weighted by atomic mass is 10.1. The monoisotopic (exact) mass is 348 g/mol. The number of rotatable bonds is 6. The number of anilines is 2. The number of nitrogens with zero attached hydrogens (tertiary/aromatic N) is 1. The molecule has 0 spiro atoms. The Bertz CT molecular complexity index is 816. The Balaban J connectivity index is 1.49. The summed E-state index contributed by atoms with van der Waals surface area (Å²) < 4.78 is 0. The molecule has 2 aromatic rings. The quantitative estimate of drug-likeness (QED) is 0.702. The van der Waals surface area contributed by atoms with Crippen LogP contribution < -0.4 is 16.2 Å². The molecule has 6 nitrogen and oxygen atoms in total. The van der Waals surface area contributed by atoms with E-state index in [0.717, 1.165) is 11.4 Å². The standard InChI is InChI=1S/C20H20N4O2/c25-19(21-17-9-3-1-4-10-17)15-24-13-7-8-16(14-24)20(26)23-22-18-11-5-2-6-12-18/h1-13,22H,14-15H2,(H,21,25)(H,23,26). The van der Waals surface area contributed by atoms with Gasteiger partial charge in [-0.15, -0.1) is 0 Å². The first-order valence-corrected chi connectivity index (χ1v) is 8.28. The SMILES string of the molecule is O=C(CN1C=CC=C(C(=O)NNc2ccccc2)C1)Nc1ccccc1. The van der Waals surface area contributed by atoms with Gasteiger partial charge >= 0.3 is 0 Å². The summed E-state index contributed by atoms with van der Waals surface area (Å²) in [5.74, 6) is -0.364. The molecule has 1 aliphatic heterocycles. The minimum atomic E-state index is -0.230. The molecule has 0 aromatic heterocycles. The highest BCUT2D eigenvalue weighted by molar-refractivity contribution is 5.96. The van der Waals surface area contributed by atoms with E-state index in [-0.39, 0.29) is 18.4 Å². The number of allylic oxidation sites excluding steroid dienone is 2. The average molecular weight is 348 g/mol. The van der Waals surface area contributed by atoms with E-state index in [2.05, 4.69) is 16.2 Å². The van der Waals surface area contributed by atoms with E-state index in [0.29, 0.717) is 12.1 Å². The molecule has 0 aliphatic carbocycles. The van der Waals surface area contributed by atoms with Crippen molar-refractivity contribution in [3.05, 3.63) is 84.6 Å². The molecule has 0 unspecified atom stereocenters. The third kappa shape index (κ3) is 4.98. The molecule has 0 radical (unpaired) electrons. The minimum Gasteiger partial charge on any atom is -0.364 e. The Hall–Kier alpha value is -3.54. The van der Waals surface area contributed by atoms with Crippen molar-refractivity contribution in [3.63, 3.8) is 0 Å². The predicted molar refractivity (Wildman–Crippen MR) is 102 cm³/mol. The summed E-state index contributed by atoms with van der Waals surface area (Å²) in [6.45, 7) is 0.531. The second-order valence-corrected chi connectivity index (χ2v) is 5.80. The van der Waals surface area contributed by atoms with Crippen molar-refractivity contribution < 1.29 is 9.59 Å². The number of carbonyl (C=O) groups excluding carboxylic acids is 2. The predicted octanol–water partition coefficient (Wildman–Crippen LogP) is 2.52. The molecule has 3 N–H and O–H groups in total. The number of hydrazine groups is 1. The van der Waals surface area contributed by atoms with Crippen LogP contribution in [0.3, 0.4) is 0 Å². The van der Waals surface area contributed by atoms with E-state index >= 15 is 0 Å². The van der Waals surface area contributed by atoms with Crippen molar-refractivity contribution in [2.45, 2.75) is 0 Å². The number of nitrogens with one attached hydrogen (secondary N) is 3. The second kappa shape index (κ2) is 8.53. The molecule has 132 valence electrons. The van der Waals surface area contributed by atoms with Gasteiger partial charge in [-0.3, -0.25) is 20.4 Å². The number of para-hydroxylation sites is 2. The van der Waals surface area contributed by atoms with Crippen LogP contribution in [0.25, 0.3) is 0 Å². The maximum absolute atomic E-state index is 12.3. The van der Waals surface area contributed by atoms with Crippen molar-refractivity contribution in [3.8, 4) is 0 Å². The van der Waals surface area contributed by atoms with Gasteiger partial charge < -0.3 is 10.2 Å². The summed E-state index contributed by atoms with van der Waals surface area (Å²) >= 11 is 0. The van der Waals surface area contributed by atoms with Gasteiger partial charge in [0.05, 0.1) is 12.2 Å². The first-order chi connectivity index (χ1) is 12.7. The first-order valence-electron chi connectivity index (χ1n) is 8.28. The van der Waals surface area contributed by atoms with Crippen LogP contribution in [0, 0.1) is 0 Å². The maximum Gasteiger partial charge on any atom is 0.267 e. The summed E-state index contributed by atoms with van der Waals surface area (Å²) in [7, 11) is 0. The fraction of sp³-hybridized carbons (Fsp3) is 0.100. The normalized spacial score (nSPS) is 12.9. The van der Waals surface area contributed by atoms with Crippen molar-refractivity contribution >= 4 is 23.2 Å². The lowest BCUT2D eigenvalue weighted by molar-refractivity contribution is -0.118. The van der Waals surface area contributed by atoms with Crippen LogP contribution in [0.5, 0.6) is 0 Å². The summed E-state index contributed by atoms with van der Waals surface area (Å²) in [6.07, 6.45) is 5.30. The molecule has 1 heterocycles. The van der Waals surface area contributed by atoms with Crippen LogP contribution in [0.2, 0.25) is 0 Å². The minimum absolute atomic E-state index is 0.134. The molecule has 0 saturated heterocycles. The zero-order valence-electron chi connectivity index (χ0n) is 14.2. The molecule has 0 fully saturated rings. The fourth-order valence-corrected chi connectivity index (χ4v) is 2.50. The van der Waals surface area contributed by atoms with Crippen LogP contribution in [0.1, 0.15) is 0 Å². The number of carbonyl (C=O) groups is 2. The van der Waals surface area contributed by atoms with Gasteiger partial charge in [0, 0.05) is 17.8 Å². The summed E-state index contributed by atoms with van der Waals surface area (Å²) in [5.41, 5.74) is 7.65. The van der Waals surface area contributed by atoms with Crippen molar-refractivity contribution in [2.75, 3.05) is 23.8 Å². The van der Waals surface area contributed by atoms with Crippen molar-refractivity contribution in [1.29, 1.82) is 0 Å². The molecule has 0 saturated carbocycles. The van der Waals surface area contributed by atoms with Gasteiger partial charge in [0.25, 0.3) is 5.91 Å². The van der Waals surface area contributed by atoms with E-state index in [4.69, 9.17) is 0 Å². The summed E-state index contributed by atoms with van der Waals surface area (Å²) in [5, 5.41) is 2.83. The van der Waals surface area contributed by atoms with Crippen LogP contribution in [-0.4, -0.2) is 29.8 Å². The number of benzene rings is 2. The molecule has 26 heavy (non-hydrogen) atoms. The smallest absolute Gasteiger partial charge is 0.267 e. The number of amides is 2. The van der Waals surface area contributed by atoms with Crippen LogP contribution in [0.4, 0.5) is 11.4 Å². The van der Waals surface area contributed by atoms with Gasteiger partial charge in [0.2, 0.25) is 5.91 Å². The summed E-state index contributed by atoms with van der Waals surface area (Å²) in [6, 6.07) is 18.7. The molecule has 3 rings (SSSR count). The molecule has 1 aliphatic rings. The Morgan fingerprint density at radius 1 is 0.923 bits per heavy atom. The van der Waals surface area contributed by atoms with Crippen LogP contribution in [0.15, 0.2) is 84.6 Å². The number of hydrogen-bond donors (Lipinski definition) is 3. The second-order valence-electron chi connectivity index (χ2n) is 5.80. The highest BCUT2D eigenvalue weighted by Gasteiger charge is 2.16. The van der Waals surface area contributed by atoms with Gasteiger partial charge in [-0.05, 0) is 36.5 Å². The highest BCUT2D eigenvalue weighted by Crippen LogP contribution is 2.10. The van der Waals surface area contributed by atoms with Gasteiger partial charge in [-0.2, -0.15) is 0 Å². The Kier molecular flexibility index (Phi) is 5.67. The van der Waals surface area contributed by atoms with E-state index in [1.165, 1.54) is 0 Å². The molecule has 2 amide bonds. The van der Waals surface area contributed by atoms with E-state index in [1.807, 2.05) is 60.7 Å². The zero-order valence-corrected chi connectivity index (χ0v) is 14.2. The van der Waals surface area contributed by atoms with Gasteiger partial charge in [-0.25, -0.2) is 0 Å². The lowest BCUT2D eigenvalue weighted by Crippen LogP contribution is -2.37. The third-order valence-electron chi connectivity index (χ3n) is 3.76. The van der Waals surface area contributed by atoms with Crippen molar-refractivity contribution in [2.24, 2.45) is 0 Å². The molecule has 0 atom stereocenters. The van der Waals surface area contributed by atoms with Crippen LogP contribution >= 0.6 is 0 Å². The van der Waals surface area contributed by atoms with Gasteiger partial charge in [0.15, 0.2) is 0 Å². The van der Waals surface area contributed by atoms with Gasteiger partial charge in [-0.1, -0.05) is 42.5 Å². The Morgan fingerprint density at radius 3 is 2.27 bits per heavy atom. The lowest BCUT2D eigenvalue weighted by Gasteiger charge is -2.23. The zero-order chi connectivity index (χ0) is 18.2. The first kappa shape index (κ1) is 17.3. The van der Waals surface area contributed by atoms with E-state index in [9.17, 15) is 9.59 Å². The molecule has 2 aromatic carbocycles. The maximum atomic E-state index is 12.3. The fourth-order valence-electron chi connectivity index (χ4n) is 2.50. The van der Waals surface area contributed by atoms with Crippen LogP contribution in [-0.2, 0) is 9.59 Å². The topological polar surface area (TPSA) is 73.5 Å². The van der Waals surface area contributed by atoms with Crippen molar-refractivity contribution in [1.82, 2.24) is 10.3 Å². The highest BCUT2D eigenvalue weighted by atomic mass is 16.2. The summed E-state index contributed by atoms with van der Waals surface area (Å²) in [4.78, 5) is 26.2. The largest absolute Gasteiger partial charge is 0.364 e. The Morgan fingerprint density at radius 2 is 1.58 bits per heavy atom. The molecular formula is C20H20N4O2. The molecular weight excluding hydrogens is 328 g/mol. The number of hydrogen-bond acceptors (Lipinski definition) is 4. The van der Waals surface area contributed by atoms with Gasteiger partial charge in [0.1, 0.15) is 0 Å². The average Bonchev–Trinajstić information content (AvgIpc) is 2.68. The Labute approximate surface area is 152 Å².